The number of aryl methyl sites for hydroxylation is 1. The van der Waals surface area contributed by atoms with Crippen molar-refractivity contribution in [1.29, 1.82) is 0 Å². The van der Waals surface area contributed by atoms with Crippen molar-refractivity contribution in [2.75, 3.05) is 13.1 Å². The minimum Gasteiger partial charge on any atom is -0.343 e. The maximum atomic E-state index is 12.2. The summed E-state index contributed by atoms with van der Waals surface area (Å²) in [6.45, 7) is 1.48. The molecule has 22 heavy (non-hydrogen) atoms. The highest BCUT2D eigenvalue weighted by Gasteiger charge is 2.24. The third-order valence-electron chi connectivity index (χ3n) is 4.00. The first kappa shape index (κ1) is 14.4. The number of rotatable bonds is 4. The number of likely N-dealkylation sites (tertiary alicyclic amines) is 1. The van der Waals surface area contributed by atoms with E-state index in [-0.39, 0.29) is 11.6 Å². The Morgan fingerprint density at radius 3 is 2.82 bits per heavy atom. The van der Waals surface area contributed by atoms with Crippen molar-refractivity contribution in [1.82, 2.24) is 30.0 Å². The molecule has 1 fully saturated rings. The van der Waals surface area contributed by atoms with E-state index in [2.05, 4.69) is 25.1 Å². The molecule has 1 amide bonds. The number of H-pyrrole nitrogens is 2. The molecule has 0 saturated carbocycles. The molecule has 2 aromatic rings. The molecule has 116 valence electrons. The minimum atomic E-state index is -0.340. The summed E-state index contributed by atoms with van der Waals surface area (Å²) in [6.07, 6.45) is 5.97. The largest absolute Gasteiger partial charge is 0.343 e. The first-order valence-corrected chi connectivity index (χ1v) is 7.39. The Hall–Kier alpha value is -2.51. The van der Waals surface area contributed by atoms with Crippen LogP contribution in [0.25, 0.3) is 0 Å². The third-order valence-corrected chi connectivity index (χ3v) is 4.00. The van der Waals surface area contributed by atoms with Crippen LogP contribution >= 0.6 is 0 Å². The third kappa shape index (κ3) is 3.38. The number of aromatic nitrogens is 5. The van der Waals surface area contributed by atoms with Gasteiger partial charge in [0.2, 0.25) is 5.91 Å². The van der Waals surface area contributed by atoms with Gasteiger partial charge < -0.3 is 4.90 Å². The van der Waals surface area contributed by atoms with Crippen LogP contribution in [0.3, 0.4) is 0 Å². The van der Waals surface area contributed by atoms with E-state index in [9.17, 15) is 9.59 Å². The molecule has 1 aliphatic heterocycles. The fourth-order valence-corrected chi connectivity index (χ4v) is 2.77. The van der Waals surface area contributed by atoms with E-state index in [4.69, 9.17) is 0 Å². The molecule has 0 aromatic carbocycles. The van der Waals surface area contributed by atoms with Crippen LogP contribution in [0.4, 0.5) is 0 Å². The van der Waals surface area contributed by atoms with E-state index in [0.29, 0.717) is 24.6 Å². The van der Waals surface area contributed by atoms with E-state index in [1.165, 1.54) is 0 Å². The molecular weight excluding hydrogens is 284 g/mol. The molecule has 0 aliphatic carbocycles. The van der Waals surface area contributed by atoms with Crippen LogP contribution in [-0.2, 0) is 11.2 Å². The molecule has 2 aromatic heterocycles. The number of carbonyl (C=O) groups is 1. The highest BCUT2D eigenvalue weighted by atomic mass is 16.2. The number of aromatic amines is 2. The monoisotopic (exact) mass is 302 g/mol. The van der Waals surface area contributed by atoms with Gasteiger partial charge in [-0.05, 0) is 18.9 Å². The van der Waals surface area contributed by atoms with Gasteiger partial charge in [0.05, 0.1) is 0 Å². The highest BCUT2D eigenvalue weighted by Crippen LogP contribution is 2.26. The van der Waals surface area contributed by atoms with Gasteiger partial charge in [-0.3, -0.25) is 9.78 Å². The van der Waals surface area contributed by atoms with Crippen LogP contribution in [0, 0.1) is 0 Å². The number of piperidine rings is 1. The first-order valence-electron chi connectivity index (χ1n) is 7.39. The normalized spacial score (nSPS) is 15.9. The Morgan fingerprint density at radius 1 is 1.36 bits per heavy atom. The number of carbonyl (C=O) groups excluding carboxylic acids is 1. The molecule has 2 N–H and O–H groups in total. The molecule has 0 bridgehead atoms. The standard InChI is InChI=1S/C14H18N6O2/c21-13(2-1-12-17-14(22)19-18-12)20-7-4-10(5-8-20)11-3-6-15-9-16-11/h3,6,9-10H,1-2,4-5,7-8H2,(H2,17,18,19,22). The van der Waals surface area contributed by atoms with E-state index in [0.717, 1.165) is 31.6 Å². The van der Waals surface area contributed by atoms with Gasteiger partial charge in [-0.25, -0.2) is 19.9 Å². The highest BCUT2D eigenvalue weighted by molar-refractivity contribution is 5.76. The van der Waals surface area contributed by atoms with Crippen molar-refractivity contribution in [2.45, 2.75) is 31.6 Å². The Kier molecular flexibility index (Phi) is 4.27. The number of nitrogens with one attached hydrogen (secondary N) is 2. The summed E-state index contributed by atoms with van der Waals surface area (Å²) >= 11 is 0. The SMILES string of the molecule is O=C(CCc1n[nH]c(=O)[nH]1)N1CCC(c2ccncn2)CC1. The van der Waals surface area contributed by atoms with Gasteiger partial charge in [0.25, 0.3) is 0 Å². The zero-order valence-corrected chi connectivity index (χ0v) is 12.2. The summed E-state index contributed by atoms with van der Waals surface area (Å²) in [7, 11) is 0. The fraction of sp³-hybridized carbons (Fsp3) is 0.500. The van der Waals surface area contributed by atoms with Gasteiger partial charge >= 0.3 is 5.69 Å². The number of nitrogens with zero attached hydrogens (tertiary/aromatic N) is 4. The fourth-order valence-electron chi connectivity index (χ4n) is 2.77. The summed E-state index contributed by atoms with van der Waals surface area (Å²) in [4.78, 5) is 35.8. The van der Waals surface area contributed by atoms with Gasteiger partial charge in [0.15, 0.2) is 0 Å². The number of amides is 1. The predicted molar refractivity (Wildman–Crippen MR) is 78.1 cm³/mol. The van der Waals surface area contributed by atoms with Gasteiger partial charge in [-0.15, -0.1) is 0 Å². The lowest BCUT2D eigenvalue weighted by atomic mass is 9.93. The van der Waals surface area contributed by atoms with Crippen LogP contribution in [0.5, 0.6) is 0 Å². The van der Waals surface area contributed by atoms with Gasteiger partial charge in [-0.2, -0.15) is 5.10 Å². The van der Waals surface area contributed by atoms with E-state index < -0.39 is 0 Å². The van der Waals surface area contributed by atoms with Crippen LogP contribution in [0.1, 0.15) is 36.7 Å². The summed E-state index contributed by atoms with van der Waals surface area (Å²) < 4.78 is 0. The molecule has 3 rings (SSSR count). The van der Waals surface area contributed by atoms with Crippen molar-refractivity contribution >= 4 is 5.91 Å². The zero-order chi connectivity index (χ0) is 15.4. The molecule has 3 heterocycles. The Balaban J connectivity index is 1.48. The molecule has 1 saturated heterocycles. The smallest absolute Gasteiger partial charge is 0.340 e. The van der Waals surface area contributed by atoms with Crippen molar-refractivity contribution in [3.05, 3.63) is 40.6 Å². The van der Waals surface area contributed by atoms with E-state index in [1.54, 1.807) is 12.5 Å². The summed E-state index contributed by atoms with van der Waals surface area (Å²) in [5.74, 6) is 1.02. The average Bonchev–Trinajstić information content (AvgIpc) is 2.99. The Bertz CT molecular complexity index is 672. The number of hydrogen-bond acceptors (Lipinski definition) is 5. The summed E-state index contributed by atoms with van der Waals surface area (Å²) in [5, 5.41) is 6.10. The van der Waals surface area contributed by atoms with Gasteiger partial charge in [-0.1, -0.05) is 0 Å². The Morgan fingerprint density at radius 2 is 2.18 bits per heavy atom. The first-order chi connectivity index (χ1) is 10.7. The molecule has 0 unspecified atom stereocenters. The van der Waals surface area contributed by atoms with Gasteiger partial charge in [0.1, 0.15) is 12.2 Å². The van der Waals surface area contributed by atoms with Crippen LogP contribution < -0.4 is 5.69 Å². The maximum absolute atomic E-state index is 12.2. The lowest BCUT2D eigenvalue weighted by molar-refractivity contribution is -0.132. The van der Waals surface area contributed by atoms with Crippen molar-refractivity contribution < 1.29 is 4.79 Å². The molecule has 8 heteroatoms. The van der Waals surface area contributed by atoms with Crippen molar-refractivity contribution in [3.63, 3.8) is 0 Å². The predicted octanol–water partition coefficient (Wildman–Crippen LogP) is 0.227. The molecular formula is C14H18N6O2. The lowest BCUT2D eigenvalue weighted by Gasteiger charge is -2.31. The van der Waals surface area contributed by atoms with E-state index >= 15 is 0 Å². The minimum absolute atomic E-state index is 0.102. The topological polar surface area (TPSA) is 108 Å². The zero-order valence-electron chi connectivity index (χ0n) is 12.2. The summed E-state index contributed by atoms with van der Waals surface area (Å²) in [6, 6.07) is 1.94. The average molecular weight is 302 g/mol. The van der Waals surface area contributed by atoms with Crippen molar-refractivity contribution in [2.24, 2.45) is 0 Å². The van der Waals surface area contributed by atoms with Crippen molar-refractivity contribution in [3.8, 4) is 0 Å². The molecule has 8 nitrogen and oxygen atoms in total. The second kappa shape index (κ2) is 6.50. The van der Waals surface area contributed by atoms with Crippen LogP contribution in [0.15, 0.2) is 23.4 Å². The van der Waals surface area contributed by atoms with Crippen LogP contribution in [-0.4, -0.2) is 49.0 Å². The quantitative estimate of drug-likeness (QED) is 0.840. The second-order valence-corrected chi connectivity index (χ2v) is 5.41. The summed E-state index contributed by atoms with van der Waals surface area (Å²) in [5.41, 5.74) is 0.712. The maximum Gasteiger partial charge on any atom is 0.340 e. The molecule has 0 atom stereocenters. The lowest BCUT2D eigenvalue weighted by Crippen LogP contribution is -2.38. The van der Waals surface area contributed by atoms with E-state index in [1.807, 2.05) is 11.0 Å². The second-order valence-electron chi connectivity index (χ2n) is 5.41. The molecule has 1 aliphatic rings. The van der Waals surface area contributed by atoms with Gasteiger partial charge in [0, 0.05) is 43.7 Å². The molecule has 0 radical (unpaired) electrons. The molecule has 0 spiro atoms. The Labute approximate surface area is 127 Å². The number of hydrogen-bond donors (Lipinski definition) is 2. The van der Waals surface area contributed by atoms with Crippen LogP contribution in [0.2, 0.25) is 0 Å².